The quantitative estimate of drug-likeness (QED) is 0.392. The van der Waals surface area contributed by atoms with Crippen LogP contribution in [-0.2, 0) is 24.9 Å². The molecular weight excluding hydrogens is 480 g/mol. The van der Waals surface area contributed by atoms with Crippen LogP contribution < -0.4 is 0 Å². The predicted octanol–water partition coefficient (Wildman–Crippen LogP) is 4.23. The molecule has 0 spiro atoms. The molecule has 0 atom stereocenters. The molecule has 1 aromatic carbocycles. The predicted molar refractivity (Wildman–Crippen MR) is 90.1 cm³/mol. The van der Waals surface area contributed by atoms with E-state index >= 15 is 0 Å². The third-order valence-electron chi connectivity index (χ3n) is 2.47. The summed E-state index contributed by atoms with van der Waals surface area (Å²) >= 11 is 0. The van der Waals surface area contributed by atoms with Crippen LogP contribution in [0.15, 0.2) is 66.6 Å². The van der Waals surface area contributed by atoms with Gasteiger partial charge in [-0.25, -0.2) is 0 Å². The summed E-state index contributed by atoms with van der Waals surface area (Å²) in [5.74, 6) is -0.0625. The number of nitrogens with zero attached hydrogens (tertiary/aromatic N) is 2. The van der Waals surface area contributed by atoms with Gasteiger partial charge in [-0.3, -0.25) is 9.64 Å². The maximum atomic E-state index is 10.0. The molecule has 2 aromatic rings. The molecule has 0 aliphatic carbocycles. The Kier molecular flexibility index (Phi) is 10.7. The number of pyridine rings is 1. The smallest absolute Gasteiger partial charge is 0.155 e. The minimum absolute atomic E-state index is 0. The van der Waals surface area contributed by atoms with Gasteiger partial charge in [0, 0.05) is 32.4 Å². The number of aromatic nitrogens is 1. The van der Waals surface area contributed by atoms with E-state index in [1.807, 2.05) is 48.5 Å². The first-order chi connectivity index (χ1) is 11.0. The molecule has 1 radical (unpaired) electrons. The van der Waals surface area contributed by atoms with Crippen molar-refractivity contribution in [3.05, 3.63) is 95.3 Å². The first-order valence-corrected chi connectivity index (χ1v) is 6.88. The van der Waals surface area contributed by atoms with E-state index in [9.17, 15) is 4.79 Å². The first-order valence-electron chi connectivity index (χ1n) is 6.88. The topological polar surface area (TPSA) is 54.5 Å². The number of benzene rings is 1. The van der Waals surface area contributed by atoms with Crippen LogP contribution in [-0.4, -0.2) is 15.9 Å². The van der Waals surface area contributed by atoms with E-state index in [2.05, 4.69) is 15.9 Å². The van der Waals surface area contributed by atoms with Crippen LogP contribution in [0.25, 0.3) is 10.5 Å². The molecule has 0 fully saturated rings. The van der Waals surface area contributed by atoms with Gasteiger partial charge in [0.1, 0.15) is 5.70 Å². The van der Waals surface area contributed by atoms with Gasteiger partial charge in [0.05, 0.1) is 12.3 Å². The zero-order valence-electron chi connectivity index (χ0n) is 13.4. The Morgan fingerprint density at radius 3 is 2.21 bits per heavy atom. The third kappa shape index (κ3) is 8.79. The summed E-state index contributed by atoms with van der Waals surface area (Å²) in [5.41, 5.74) is 1.98. The van der Waals surface area contributed by atoms with Crippen LogP contribution in [0.4, 0.5) is 0 Å². The van der Waals surface area contributed by atoms with E-state index < -0.39 is 0 Å². The van der Waals surface area contributed by atoms with Gasteiger partial charge >= 0.3 is 0 Å². The van der Waals surface area contributed by atoms with Crippen molar-refractivity contribution in [2.45, 2.75) is 13.8 Å². The second kappa shape index (κ2) is 12.0. The monoisotopic (exact) mass is 498 g/mol. The summed E-state index contributed by atoms with van der Waals surface area (Å²) in [6.07, 6.45) is 5.89. The molecule has 0 amide bonds. The number of hydrogen-bond donors (Lipinski definition) is 1. The van der Waals surface area contributed by atoms with Crippen molar-refractivity contribution >= 4 is 11.5 Å². The molecule has 0 unspecified atom stereocenters. The molecule has 0 saturated carbocycles. The first kappa shape index (κ1) is 21.5. The molecule has 2 rings (SSSR count). The van der Waals surface area contributed by atoms with Gasteiger partial charge in [-0.15, -0.1) is 30.3 Å². The van der Waals surface area contributed by atoms with Crippen molar-refractivity contribution in [2.75, 3.05) is 0 Å². The van der Waals surface area contributed by atoms with E-state index in [1.165, 1.54) is 19.9 Å². The van der Waals surface area contributed by atoms with E-state index in [1.54, 1.807) is 6.20 Å². The van der Waals surface area contributed by atoms with Gasteiger partial charge in [0.15, 0.2) is 5.78 Å². The summed E-state index contributed by atoms with van der Waals surface area (Å²) in [6, 6.07) is 15.1. The summed E-state index contributed by atoms with van der Waals surface area (Å²) in [7, 11) is 0. The number of aliphatic hydroxyl groups is 1. The molecule has 4 nitrogen and oxygen atoms in total. The van der Waals surface area contributed by atoms with Crippen molar-refractivity contribution in [3.63, 3.8) is 0 Å². The second-order valence-electron chi connectivity index (χ2n) is 4.56. The Morgan fingerprint density at radius 1 is 1.17 bits per heavy atom. The van der Waals surface area contributed by atoms with Gasteiger partial charge in [0.2, 0.25) is 0 Å². The van der Waals surface area contributed by atoms with Gasteiger partial charge in [-0.05, 0) is 25.6 Å². The number of carbonyl (C=O) groups is 1. The van der Waals surface area contributed by atoms with Crippen LogP contribution in [0.2, 0.25) is 0 Å². The minimum Gasteiger partial charge on any atom is -0.512 e. The molecule has 1 N–H and O–H groups in total. The Labute approximate surface area is 155 Å². The van der Waals surface area contributed by atoms with E-state index in [0.717, 1.165) is 5.56 Å². The largest absolute Gasteiger partial charge is 0.512 e. The Bertz CT molecular complexity index is 729. The number of carbonyl (C=O) groups excluding carboxylic acids is 1. The molecule has 0 saturated heterocycles. The van der Waals surface area contributed by atoms with E-state index in [4.69, 9.17) is 11.7 Å². The summed E-state index contributed by atoms with van der Waals surface area (Å²) in [5, 5.41) is 8.36. The summed E-state index contributed by atoms with van der Waals surface area (Å²) < 4.78 is 0. The maximum absolute atomic E-state index is 10.0. The zero-order valence-corrected chi connectivity index (χ0v) is 15.8. The van der Waals surface area contributed by atoms with Crippen molar-refractivity contribution in [1.82, 2.24) is 4.98 Å². The van der Waals surface area contributed by atoms with Crippen molar-refractivity contribution < 1.29 is 30.0 Å². The van der Waals surface area contributed by atoms with Crippen molar-refractivity contribution in [2.24, 2.45) is 0 Å². The second-order valence-corrected chi connectivity index (χ2v) is 4.56. The van der Waals surface area contributed by atoms with E-state index in [0.29, 0.717) is 11.4 Å². The number of allylic oxidation sites excluding steroid dienone is 2. The fourth-order valence-electron chi connectivity index (χ4n) is 1.60. The molecule has 125 valence electrons. The fraction of sp³-hybridized carbons (Fsp3) is 0.105. The summed E-state index contributed by atoms with van der Waals surface area (Å²) in [6.45, 7) is 9.98. The van der Waals surface area contributed by atoms with Crippen LogP contribution >= 0.6 is 0 Å². The summed E-state index contributed by atoms with van der Waals surface area (Å²) in [4.78, 5) is 17.6. The number of rotatable bonds is 3. The van der Waals surface area contributed by atoms with E-state index in [-0.39, 0.29) is 31.6 Å². The molecule has 0 aliphatic heterocycles. The Balaban J connectivity index is 0.000000570. The average molecular weight is 498 g/mol. The van der Waals surface area contributed by atoms with Gasteiger partial charge in [0.25, 0.3) is 0 Å². The Morgan fingerprint density at radius 2 is 1.79 bits per heavy atom. The third-order valence-corrected chi connectivity index (χ3v) is 2.47. The van der Waals surface area contributed by atoms with Gasteiger partial charge < -0.3 is 10.1 Å². The molecule has 5 heteroatoms. The molecule has 0 bridgehead atoms. The standard InChI is InChI=1S/C14H9N2.C5H8O2.Ir/c1-15-14(13-9-5-6-10-16-13)11-12-7-3-2-4-8-12;1-4(6)3-5(2)7;/h2-10H;3,6H,1-2H3;/q-1;;/b;4-3-;. The normalized spacial score (nSPS) is 10.5. The molecule has 24 heavy (non-hydrogen) atoms. The van der Waals surface area contributed by atoms with Crippen LogP contribution in [0.1, 0.15) is 25.1 Å². The van der Waals surface area contributed by atoms with Gasteiger partial charge in [-0.2, -0.15) is 5.56 Å². The van der Waals surface area contributed by atoms with Crippen LogP contribution in [0, 0.1) is 12.6 Å². The maximum Gasteiger partial charge on any atom is 0.155 e. The number of aliphatic hydroxyl groups excluding tert-OH is 1. The number of ketones is 1. The molecule has 0 aliphatic rings. The van der Waals surface area contributed by atoms with Gasteiger partial charge in [-0.1, -0.05) is 18.2 Å². The SMILES string of the molecule is CC(=O)/C=C(/C)O.[C-]#[N+]C(=[C-]c1ccccc1)c1ccccn1.[Ir]. The fourth-order valence-corrected chi connectivity index (χ4v) is 1.60. The van der Waals surface area contributed by atoms with Crippen molar-refractivity contribution in [1.29, 1.82) is 0 Å². The molecular formula is C19H17IrN2O2-. The van der Waals surface area contributed by atoms with Crippen LogP contribution in [0.5, 0.6) is 0 Å². The zero-order chi connectivity index (χ0) is 17.1. The minimum atomic E-state index is -0.125. The average Bonchev–Trinajstić information content (AvgIpc) is 2.54. The van der Waals surface area contributed by atoms with Crippen molar-refractivity contribution in [3.8, 4) is 0 Å². The molecule has 1 heterocycles. The number of hydrogen-bond acceptors (Lipinski definition) is 3. The molecule has 1 aromatic heterocycles. The Hall–Kier alpha value is -2.54. The van der Waals surface area contributed by atoms with Crippen LogP contribution in [0.3, 0.4) is 0 Å².